The largest absolute Gasteiger partial charge is 0.443 e. The summed E-state index contributed by atoms with van der Waals surface area (Å²) in [6, 6.07) is 5.20. The summed E-state index contributed by atoms with van der Waals surface area (Å²) in [5, 5.41) is 0.947. The summed E-state index contributed by atoms with van der Waals surface area (Å²) in [6.45, 7) is 5.13. The highest BCUT2D eigenvalue weighted by Crippen LogP contribution is 2.08. The highest BCUT2D eigenvalue weighted by atomic mass is 19.1. The van der Waals surface area contributed by atoms with E-state index < -0.39 is 23.4 Å². The molecule has 0 radical (unpaired) electrons. The monoisotopic (exact) mass is 268 g/mol. The van der Waals surface area contributed by atoms with E-state index in [1.807, 2.05) is 0 Å². The zero-order valence-corrected chi connectivity index (χ0v) is 11.4. The molecular weight excluding hydrogens is 251 g/mol. The SMILES string of the molecule is CN(NC(=O)OC(C)(C)C)C(=O)c1cccc(F)c1. The molecule has 1 aromatic rings. The molecule has 1 aromatic carbocycles. The van der Waals surface area contributed by atoms with Gasteiger partial charge in [-0.3, -0.25) is 9.80 Å². The number of ether oxygens (including phenoxy) is 1. The first-order chi connectivity index (χ1) is 8.69. The van der Waals surface area contributed by atoms with Crippen molar-refractivity contribution >= 4 is 12.0 Å². The first-order valence-corrected chi connectivity index (χ1v) is 5.72. The van der Waals surface area contributed by atoms with Crippen LogP contribution in [0.15, 0.2) is 24.3 Å². The minimum atomic E-state index is -0.750. The van der Waals surface area contributed by atoms with Gasteiger partial charge in [-0.25, -0.2) is 14.6 Å². The zero-order chi connectivity index (χ0) is 14.6. The van der Waals surface area contributed by atoms with Crippen molar-refractivity contribution in [3.05, 3.63) is 35.6 Å². The molecule has 0 bridgehead atoms. The molecule has 2 amide bonds. The molecule has 0 heterocycles. The predicted molar refractivity (Wildman–Crippen MR) is 67.9 cm³/mol. The summed E-state index contributed by atoms with van der Waals surface area (Å²) in [5.74, 6) is -1.05. The Morgan fingerprint density at radius 1 is 1.32 bits per heavy atom. The average Bonchev–Trinajstić information content (AvgIpc) is 2.25. The Kier molecular flexibility index (Phi) is 4.47. The summed E-state index contributed by atoms with van der Waals surface area (Å²) >= 11 is 0. The van der Waals surface area contributed by atoms with Crippen LogP contribution in [0.4, 0.5) is 9.18 Å². The van der Waals surface area contributed by atoms with Crippen molar-refractivity contribution in [2.45, 2.75) is 26.4 Å². The van der Waals surface area contributed by atoms with Crippen LogP contribution >= 0.6 is 0 Å². The normalized spacial score (nSPS) is 10.8. The van der Waals surface area contributed by atoms with E-state index in [2.05, 4.69) is 5.43 Å². The molecule has 0 unspecified atom stereocenters. The molecular formula is C13H17FN2O3. The van der Waals surface area contributed by atoms with Gasteiger partial charge in [-0.2, -0.15) is 0 Å². The molecule has 0 spiro atoms. The van der Waals surface area contributed by atoms with Gasteiger partial charge in [0, 0.05) is 12.6 Å². The Hall–Kier alpha value is -2.11. The molecule has 1 N–H and O–H groups in total. The third-order valence-corrected chi connectivity index (χ3v) is 2.03. The number of carbonyl (C=O) groups excluding carboxylic acids is 2. The molecule has 0 atom stereocenters. The van der Waals surface area contributed by atoms with Crippen LogP contribution in [0.25, 0.3) is 0 Å². The van der Waals surface area contributed by atoms with Gasteiger partial charge in [0.25, 0.3) is 5.91 Å². The third-order valence-electron chi connectivity index (χ3n) is 2.03. The fourth-order valence-corrected chi connectivity index (χ4v) is 1.30. The first-order valence-electron chi connectivity index (χ1n) is 5.72. The van der Waals surface area contributed by atoms with Crippen LogP contribution in [0.3, 0.4) is 0 Å². The summed E-state index contributed by atoms with van der Waals surface area (Å²) < 4.78 is 18.0. The van der Waals surface area contributed by atoms with Crippen LogP contribution in [-0.2, 0) is 4.74 Å². The van der Waals surface area contributed by atoms with Crippen LogP contribution in [0.2, 0.25) is 0 Å². The number of hydrogen-bond acceptors (Lipinski definition) is 3. The maximum Gasteiger partial charge on any atom is 0.426 e. The van der Waals surface area contributed by atoms with Crippen molar-refractivity contribution < 1.29 is 18.7 Å². The Bertz CT molecular complexity index is 483. The fourth-order valence-electron chi connectivity index (χ4n) is 1.30. The molecule has 104 valence electrons. The van der Waals surface area contributed by atoms with Crippen LogP contribution < -0.4 is 5.43 Å². The lowest BCUT2D eigenvalue weighted by atomic mass is 10.2. The molecule has 5 nitrogen and oxygen atoms in total. The van der Waals surface area contributed by atoms with Gasteiger partial charge in [0.1, 0.15) is 11.4 Å². The number of nitrogens with one attached hydrogen (secondary N) is 1. The van der Waals surface area contributed by atoms with Crippen LogP contribution in [0, 0.1) is 5.82 Å². The van der Waals surface area contributed by atoms with Gasteiger partial charge in [-0.1, -0.05) is 6.07 Å². The van der Waals surface area contributed by atoms with Crippen molar-refractivity contribution in [1.29, 1.82) is 0 Å². The highest BCUT2D eigenvalue weighted by molar-refractivity contribution is 5.94. The van der Waals surface area contributed by atoms with Crippen molar-refractivity contribution in [3.8, 4) is 0 Å². The summed E-state index contributed by atoms with van der Waals surface area (Å²) in [7, 11) is 1.36. The van der Waals surface area contributed by atoms with Crippen LogP contribution in [-0.4, -0.2) is 29.7 Å². The highest BCUT2D eigenvalue weighted by Gasteiger charge is 2.19. The van der Waals surface area contributed by atoms with Crippen molar-refractivity contribution in [3.63, 3.8) is 0 Å². The van der Waals surface area contributed by atoms with Crippen LogP contribution in [0.5, 0.6) is 0 Å². The lowest BCUT2D eigenvalue weighted by Crippen LogP contribution is -2.45. The lowest BCUT2D eigenvalue weighted by Gasteiger charge is -2.23. The van der Waals surface area contributed by atoms with E-state index in [-0.39, 0.29) is 5.56 Å². The van der Waals surface area contributed by atoms with Gasteiger partial charge >= 0.3 is 6.09 Å². The first kappa shape index (κ1) is 14.9. The van der Waals surface area contributed by atoms with Gasteiger partial charge in [0.05, 0.1) is 0 Å². The molecule has 0 saturated carbocycles. The van der Waals surface area contributed by atoms with Gasteiger partial charge < -0.3 is 4.74 Å². The quantitative estimate of drug-likeness (QED) is 0.795. The molecule has 6 heteroatoms. The second-order valence-electron chi connectivity index (χ2n) is 4.99. The Morgan fingerprint density at radius 2 is 1.95 bits per heavy atom. The van der Waals surface area contributed by atoms with Crippen molar-refractivity contribution in [2.75, 3.05) is 7.05 Å². The van der Waals surface area contributed by atoms with Gasteiger partial charge in [-0.05, 0) is 39.0 Å². The summed E-state index contributed by atoms with van der Waals surface area (Å²) in [4.78, 5) is 23.4. The standard InChI is InChI=1S/C13H17FN2O3/c1-13(2,3)19-12(18)15-16(4)11(17)9-6-5-7-10(14)8-9/h5-8H,1-4H3,(H,15,18). The van der Waals surface area contributed by atoms with E-state index in [1.165, 1.54) is 25.2 Å². The second-order valence-corrected chi connectivity index (χ2v) is 4.99. The Labute approximate surface area is 111 Å². The number of hydrazine groups is 1. The molecule has 0 aliphatic carbocycles. The van der Waals surface area contributed by atoms with E-state index in [4.69, 9.17) is 4.74 Å². The zero-order valence-electron chi connectivity index (χ0n) is 11.4. The number of rotatable bonds is 1. The fraction of sp³-hybridized carbons (Fsp3) is 0.385. The van der Waals surface area contributed by atoms with Gasteiger partial charge in [0.15, 0.2) is 0 Å². The van der Waals surface area contributed by atoms with Crippen molar-refractivity contribution in [1.82, 2.24) is 10.4 Å². The number of carbonyl (C=O) groups is 2. The summed E-state index contributed by atoms with van der Waals surface area (Å²) in [5.41, 5.74) is 1.73. The average molecular weight is 268 g/mol. The number of nitrogens with zero attached hydrogens (tertiary/aromatic N) is 1. The molecule has 0 aliphatic heterocycles. The Morgan fingerprint density at radius 3 is 2.47 bits per heavy atom. The minimum Gasteiger partial charge on any atom is -0.443 e. The number of hydrogen-bond donors (Lipinski definition) is 1. The molecule has 19 heavy (non-hydrogen) atoms. The maximum absolute atomic E-state index is 13.0. The molecule has 0 aliphatic rings. The topological polar surface area (TPSA) is 58.6 Å². The smallest absolute Gasteiger partial charge is 0.426 e. The molecule has 1 rings (SSSR count). The van der Waals surface area contributed by atoms with Crippen molar-refractivity contribution in [2.24, 2.45) is 0 Å². The Balaban J connectivity index is 2.66. The lowest BCUT2D eigenvalue weighted by molar-refractivity contribution is 0.0334. The third kappa shape index (κ3) is 4.95. The van der Waals surface area contributed by atoms with Crippen LogP contribution in [0.1, 0.15) is 31.1 Å². The number of halogens is 1. The maximum atomic E-state index is 13.0. The number of amides is 2. The summed E-state index contributed by atoms with van der Waals surface area (Å²) in [6.07, 6.45) is -0.750. The van der Waals surface area contributed by atoms with E-state index in [1.54, 1.807) is 20.8 Å². The van der Waals surface area contributed by atoms with Gasteiger partial charge in [-0.15, -0.1) is 0 Å². The van der Waals surface area contributed by atoms with E-state index in [9.17, 15) is 14.0 Å². The molecule has 0 aromatic heterocycles. The number of benzene rings is 1. The minimum absolute atomic E-state index is 0.138. The molecule has 0 fully saturated rings. The van der Waals surface area contributed by atoms with E-state index >= 15 is 0 Å². The second kappa shape index (κ2) is 5.69. The van der Waals surface area contributed by atoms with Gasteiger partial charge in [0.2, 0.25) is 0 Å². The predicted octanol–water partition coefficient (Wildman–Crippen LogP) is 2.34. The van der Waals surface area contributed by atoms with E-state index in [0.29, 0.717) is 0 Å². The molecule has 0 saturated heterocycles. The van der Waals surface area contributed by atoms with E-state index in [0.717, 1.165) is 11.1 Å².